The van der Waals surface area contributed by atoms with Crippen molar-refractivity contribution in [3.05, 3.63) is 27.2 Å². The van der Waals surface area contributed by atoms with Crippen molar-refractivity contribution in [2.24, 2.45) is 0 Å². The van der Waals surface area contributed by atoms with Gasteiger partial charge in [-0.1, -0.05) is 27.5 Å². The van der Waals surface area contributed by atoms with Gasteiger partial charge in [-0.25, -0.2) is 0 Å². The minimum atomic E-state index is 0.169. The molecule has 2 nitrogen and oxygen atoms in total. The van der Waals surface area contributed by atoms with E-state index >= 15 is 0 Å². The summed E-state index contributed by atoms with van der Waals surface area (Å²) in [6.07, 6.45) is 1.55. The van der Waals surface area contributed by atoms with Gasteiger partial charge in [-0.15, -0.1) is 0 Å². The van der Waals surface area contributed by atoms with Crippen LogP contribution in [0.4, 0.5) is 5.69 Å². The van der Waals surface area contributed by atoms with E-state index in [4.69, 9.17) is 11.6 Å². The molecule has 0 spiro atoms. The molecule has 2 rings (SSSR count). The monoisotopic (exact) mass is 287 g/mol. The summed E-state index contributed by atoms with van der Waals surface area (Å²) >= 11 is 9.54. The quantitative estimate of drug-likeness (QED) is 0.774. The number of anilines is 1. The van der Waals surface area contributed by atoms with Gasteiger partial charge in [-0.2, -0.15) is 0 Å². The number of hydrogen-bond donors (Lipinski definition) is 0. The lowest BCUT2D eigenvalue weighted by Gasteiger charge is -2.20. The van der Waals surface area contributed by atoms with Crippen molar-refractivity contribution in [2.75, 3.05) is 11.4 Å². The molecule has 0 saturated carbocycles. The summed E-state index contributed by atoms with van der Waals surface area (Å²) < 4.78 is 0.945. The molecule has 1 saturated heterocycles. The molecule has 0 N–H and O–H groups in total. The molecule has 0 radical (unpaired) electrons. The third-order valence-corrected chi connectivity index (χ3v) is 3.31. The number of benzene rings is 1. The molecule has 0 aliphatic carbocycles. The second-order valence-electron chi connectivity index (χ2n) is 3.70. The van der Waals surface area contributed by atoms with E-state index < -0.39 is 0 Å². The number of nitrogens with zero attached hydrogens (tertiary/aromatic N) is 1. The lowest BCUT2D eigenvalue weighted by molar-refractivity contribution is -0.117. The van der Waals surface area contributed by atoms with E-state index in [2.05, 4.69) is 15.9 Å². The minimum Gasteiger partial charge on any atom is -0.311 e. The molecule has 1 aromatic rings. The van der Waals surface area contributed by atoms with Gasteiger partial charge in [0.2, 0.25) is 5.91 Å². The highest BCUT2D eigenvalue weighted by Gasteiger charge is 2.25. The predicted octanol–water partition coefficient (Wildman–Crippen LogP) is 3.54. The number of aryl methyl sites for hydroxylation is 1. The third kappa shape index (κ3) is 2.04. The van der Waals surface area contributed by atoms with Crippen LogP contribution in [0.1, 0.15) is 18.4 Å². The van der Waals surface area contributed by atoms with Crippen LogP contribution in [0.5, 0.6) is 0 Å². The van der Waals surface area contributed by atoms with Crippen molar-refractivity contribution in [1.29, 1.82) is 0 Å². The lowest BCUT2D eigenvalue weighted by atomic mass is 10.2. The fraction of sp³-hybridized carbons (Fsp3) is 0.364. The van der Waals surface area contributed by atoms with Crippen LogP contribution in [0.25, 0.3) is 0 Å². The summed E-state index contributed by atoms with van der Waals surface area (Å²) in [4.78, 5) is 13.4. The first kappa shape index (κ1) is 11.0. The molecule has 0 unspecified atom stereocenters. The maximum atomic E-state index is 11.6. The van der Waals surface area contributed by atoms with Gasteiger partial charge in [-0.3, -0.25) is 4.79 Å². The Bertz CT molecular complexity index is 396. The molecule has 1 aliphatic rings. The van der Waals surface area contributed by atoms with E-state index in [0.29, 0.717) is 11.4 Å². The third-order valence-electron chi connectivity index (χ3n) is 2.56. The standard InChI is InChI=1S/C11H11BrClNO/c1-7-5-8(12)6-9(13)11(7)14-4-2-3-10(14)15/h5-6H,2-4H2,1H3. The molecule has 80 valence electrons. The number of carbonyl (C=O) groups excluding carboxylic acids is 1. The summed E-state index contributed by atoms with van der Waals surface area (Å²) in [6.45, 7) is 2.75. The van der Waals surface area contributed by atoms with Crippen LogP contribution < -0.4 is 4.90 Å². The fourth-order valence-corrected chi connectivity index (χ4v) is 2.99. The molecule has 0 atom stereocenters. The molecule has 1 fully saturated rings. The van der Waals surface area contributed by atoms with Crippen molar-refractivity contribution in [2.45, 2.75) is 19.8 Å². The van der Waals surface area contributed by atoms with Crippen LogP contribution in [-0.4, -0.2) is 12.5 Å². The molecule has 1 aromatic carbocycles. The molecule has 1 aliphatic heterocycles. The average Bonchev–Trinajstić information content (AvgIpc) is 2.50. The number of rotatable bonds is 1. The van der Waals surface area contributed by atoms with E-state index in [9.17, 15) is 4.79 Å². The zero-order valence-corrected chi connectivity index (χ0v) is 10.7. The van der Waals surface area contributed by atoms with E-state index in [1.54, 1.807) is 4.90 Å². The van der Waals surface area contributed by atoms with Crippen LogP contribution in [0.3, 0.4) is 0 Å². The summed E-state index contributed by atoms with van der Waals surface area (Å²) in [5, 5.41) is 0.636. The van der Waals surface area contributed by atoms with Gasteiger partial charge in [0.05, 0.1) is 10.7 Å². The highest BCUT2D eigenvalue weighted by molar-refractivity contribution is 9.10. The van der Waals surface area contributed by atoms with Gasteiger partial charge in [0.25, 0.3) is 0 Å². The number of hydrogen-bond acceptors (Lipinski definition) is 1. The molecule has 1 amide bonds. The van der Waals surface area contributed by atoms with Crippen LogP contribution in [0, 0.1) is 6.92 Å². The number of carbonyl (C=O) groups is 1. The fourth-order valence-electron chi connectivity index (χ4n) is 1.92. The van der Waals surface area contributed by atoms with Crippen molar-refractivity contribution in [3.8, 4) is 0 Å². The Kier molecular flexibility index (Phi) is 3.03. The smallest absolute Gasteiger partial charge is 0.227 e. The molecular weight excluding hydrogens is 277 g/mol. The minimum absolute atomic E-state index is 0.169. The van der Waals surface area contributed by atoms with Crippen molar-refractivity contribution >= 4 is 39.1 Å². The second kappa shape index (κ2) is 4.14. The molecule has 4 heteroatoms. The summed E-state index contributed by atoms with van der Waals surface area (Å²) in [5.41, 5.74) is 1.90. The Morgan fingerprint density at radius 3 is 2.73 bits per heavy atom. The first-order valence-corrected chi connectivity index (χ1v) is 6.02. The van der Waals surface area contributed by atoms with E-state index in [0.717, 1.165) is 28.7 Å². The topological polar surface area (TPSA) is 20.3 Å². The second-order valence-corrected chi connectivity index (χ2v) is 5.02. The highest BCUT2D eigenvalue weighted by Crippen LogP contribution is 2.35. The molecular formula is C11H11BrClNO. The van der Waals surface area contributed by atoms with Crippen LogP contribution in [0.2, 0.25) is 5.02 Å². The summed E-state index contributed by atoms with van der Waals surface area (Å²) in [6, 6.07) is 3.81. The Balaban J connectivity index is 2.47. The SMILES string of the molecule is Cc1cc(Br)cc(Cl)c1N1CCCC1=O. The normalized spacial score (nSPS) is 16.2. The van der Waals surface area contributed by atoms with Crippen LogP contribution in [-0.2, 0) is 4.79 Å². The summed E-state index contributed by atoms with van der Waals surface area (Å²) in [5.74, 6) is 0.169. The van der Waals surface area contributed by atoms with Gasteiger partial charge in [0.15, 0.2) is 0 Å². The largest absolute Gasteiger partial charge is 0.311 e. The van der Waals surface area contributed by atoms with Crippen LogP contribution in [0.15, 0.2) is 16.6 Å². The van der Waals surface area contributed by atoms with Gasteiger partial charge < -0.3 is 4.90 Å². The van der Waals surface area contributed by atoms with Crippen molar-refractivity contribution in [3.63, 3.8) is 0 Å². The average molecular weight is 289 g/mol. The van der Waals surface area contributed by atoms with Crippen molar-refractivity contribution < 1.29 is 4.79 Å². The van der Waals surface area contributed by atoms with Crippen LogP contribution >= 0.6 is 27.5 Å². The Labute approximate surface area is 102 Å². The molecule has 15 heavy (non-hydrogen) atoms. The molecule has 1 heterocycles. The maximum absolute atomic E-state index is 11.6. The number of halogens is 2. The zero-order valence-electron chi connectivity index (χ0n) is 8.39. The van der Waals surface area contributed by atoms with Gasteiger partial charge >= 0.3 is 0 Å². The van der Waals surface area contributed by atoms with E-state index in [-0.39, 0.29) is 5.91 Å². The maximum Gasteiger partial charge on any atom is 0.227 e. The van der Waals surface area contributed by atoms with Crippen molar-refractivity contribution in [1.82, 2.24) is 0 Å². The lowest BCUT2D eigenvalue weighted by Crippen LogP contribution is -2.24. The summed E-state index contributed by atoms with van der Waals surface area (Å²) in [7, 11) is 0. The first-order chi connectivity index (χ1) is 7.09. The van der Waals surface area contributed by atoms with Gasteiger partial charge in [0.1, 0.15) is 0 Å². The van der Waals surface area contributed by atoms with E-state index in [1.807, 2.05) is 19.1 Å². The Hall–Kier alpha value is -0.540. The Morgan fingerprint density at radius 2 is 2.20 bits per heavy atom. The van der Waals surface area contributed by atoms with E-state index in [1.165, 1.54) is 0 Å². The Morgan fingerprint density at radius 1 is 1.47 bits per heavy atom. The van der Waals surface area contributed by atoms with Gasteiger partial charge in [0, 0.05) is 17.4 Å². The zero-order chi connectivity index (χ0) is 11.0. The molecule has 0 aromatic heterocycles. The highest BCUT2D eigenvalue weighted by atomic mass is 79.9. The van der Waals surface area contributed by atoms with Gasteiger partial charge in [-0.05, 0) is 31.0 Å². The predicted molar refractivity (Wildman–Crippen MR) is 65.5 cm³/mol. The molecule has 0 bridgehead atoms. The first-order valence-electron chi connectivity index (χ1n) is 4.85. The number of amides is 1.